The summed E-state index contributed by atoms with van der Waals surface area (Å²) >= 11 is 0. The first-order valence-corrected chi connectivity index (χ1v) is 11.1. The van der Waals surface area contributed by atoms with E-state index in [9.17, 15) is 4.79 Å². The topological polar surface area (TPSA) is 104 Å². The number of ether oxygens (including phenoxy) is 4. The largest absolute Gasteiger partial charge is 0.497 e. The van der Waals surface area contributed by atoms with E-state index in [-0.39, 0.29) is 24.9 Å². The summed E-state index contributed by atoms with van der Waals surface area (Å²) in [6.07, 6.45) is 5.13. The average molecular weight is 441 g/mol. The first kappa shape index (κ1) is 21.0. The number of anilines is 2. The molecule has 1 saturated carbocycles. The van der Waals surface area contributed by atoms with Gasteiger partial charge >= 0.3 is 6.09 Å². The number of fused-ring (bicyclic) bond motifs is 1. The van der Waals surface area contributed by atoms with Crippen LogP contribution in [0, 0.1) is 0 Å². The van der Waals surface area contributed by atoms with E-state index in [2.05, 4.69) is 15.6 Å². The second kappa shape index (κ2) is 9.30. The van der Waals surface area contributed by atoms with Crippen LogP contribution in [0.4, 0.5) is 16.4 Å². The van der Waals surface area contributed by atoms with Crippen LogP contribution >= 0.6 is 0 Å². The molecule has 2 saturated heterocycles. The smallest absolute Gasteiger partial charge is 0.412 e. The van der Waals surface area contributed by atoms with Gasteiger partial charge in [0.1, 0.15) is 18.0 Å². The zero-order valence-electron chi connectivity index (χ0n) is 18.0. The fourth-order valence-corrected chi connectivity index (χ4v) is 4.71. The molecular formula is C23H28N4O5. The van der Waals surface area contributed by atoms with E-state index in [0.29, 0.717) is 29.9 Å². The van der Waals surface area contributed by atoms with Crippen molar-refractivity contribution >= 4 is 17.7 Å². The standard InChI is InChI=1S/C23H28N4O5/c1-29-16-8-6-15(7-9-16)25-23(28)32-19-13-31-20-18(12-30-21(19)20)27-22-24-11-10-17(26-22)14-4-2-3-5-14/h6-11,14,18-21H,2-5,12-13H2,1H3,(H,25,28)(H,24,26,27)/t18-,19-,20-,21+/m0/s1. The number of carbonyl (C=O) groups excluding carboxylic acids is 1. The molecule has 2 N–H and O–H groups in total. The second-order valence-electron chi connectivity index (χ2n) is 8.43. The highest BCUT2D eigenvalue weighted by atomic mass is 16.6. The minimum Gasteiger partial charge on any atom is -0.497 e. The quantitative estimate of drug-likeness (QED) is 0.705. The Kier molecular flexibility index (Phi) is 6.09. The van der Waals surface area contributed by atoms with Crippen molar-refractivity contribution in [1.29, 1.82) is 0 Å². The zero-order valence-corrected chi connectivity index (χ0v) is 18.0. The van der Waals surface area contributed by atoms with Crippen LogP contribution in [-0.2, 0) is 14.2 Å². The second-order valence-corrected chi connectivity index (χ2v) is 8.43. The Morgan fingerprint density at radius 1 is 1.06 bits per heavy atom. The first-order chi connectivity index (χ1) is 15.7. The highest BCUT2D eigenvalue weighted by Gasteiger charge is 2.49. The average Bonchev–Trinajstić information content (AvgIpc) is 3.55. The van der Waals surface area contributed by atoms with Gasteiger partial charge in [-0.05, 0) is 43.2 Å². The van der Waals surface area contributed by atoms with Gasteiger partial charge in [-0.15, -0.1) is 0 Å². The number of methoxy groups -OCH3 is 1. The summed E-state index contributed by atoms with van der Waals surface area (Å²) in [7, 11) is 1.59. The fourth-order valence-electron chi connectivity index (χ4n) is 4.71. The molecule has 1 aromatic carbocycles. The predicted octanol–water partition coefficient (Wildman–Crippen LogP) is 3.34. The van der Waals surface area contributed by atoms with Crippen LogP contribution in [0.3, 0.4) is 0 Å². The molecule has 9 heteroatoms. The molecule has 9 nitrogen and oxygen atoms in total. The Labute approximate surface area is 186 Å². The molecule has 0 bridgehead atoms. The predicted molar refractivity (Wildman–Crippen MR) is 117 cm³/mol. The van der Waals surface area contributed by atoms with Crippen LogP contribution in [0.25, 0.3) is 0 Å². The number of carbonyl (C=O) groups is 1. The maximum Gasteiger partial charge on any atom is 0.412 e. The number of amides is 1. The van der Waals surface area contributed by atoms with Crippen molar-refractivity contribution in [3.05, 3.63) is 42.2 Å². The van der Waals surface area contributed by atoms with Gasteiger partial charge in [-0.3, -0.25) is 5.32 Å². The van der Waals surface area contributed by atoms with Gasteiger partial charge in [-0.2, -0.15) is 0 Å². The van der Waals surface area contributed by atoms with E-state index >= 15 is 0 Å². The Morgan fingerprint density at radius 3 is 2.62 bits per heavy atom. The Balaban J connectivity index is 1.16. The van der Waals surface area contributed by atoms with E-state index in [4.69, 9.17) is 23.9 Å². The lowest BCUT2D eigenvalue weighted by atomic mass is 10.0. The summed E-state index contributed by atoms with van der Waals surface area (Å²) in [5.41, 5.74) is 1.72. The normalized spacial score (nSPS) is 27.2. The molecule has 4 atom stereocenters. The molecule has 2 aliphatic heterocycles. The molecule has 32 heavy (non-hydrogen) atoms. The Hall–Kier alpha value is -2.91. The van der Waals surface area contributed by atoms with Crippen molar-refractivity contribution in [2.75, 3.05) is 31.0 Å². The van der Waals surface area contributed by atoms with Crippen molar-refractivity contribution < 1.29 is 23.7 Å². The summed E-state index contributed by atoms with van der Waals surface area (Å²) in [5.74, 6) is 1.83. The van der Waals surface area contributed by atoms with Crippen LogP contribution < -0.4 is 15.4 Å². The maximum absolute atomic E-state index is 12.3. The molecule has 3 fully saturated rings. The fraction of sp³-hybridized carbons (Fsp3) is 0.522. The van der Waals surface area contributed by atoms with E-state index < -0.39 is 12.2 Å². The molecule has 2 aromatic rings. The molecule has 1 aromatic heterocycles. The van der Waals surface area contributed by atoms with E-state index in [1.165, 1.54) is 25.7 Å². The van der Waals surface area contributed by atoms with Gasteiger partial charge in [0, 0.05) is 23.5 Å². The number of benzene rings is 1. The molecule has 0 unspecified atom stereocenters. The summed E-state index contributed by atoms with van der Waals surface area (Å²) in [4.78, 5) is 21.4. The van der Waals surface area contributed by atoms with Crippen molar-refractivity contribution in [3.8, 4) is 5.75 Å². The van der Waals surface area contributed by atoms with E-state index in [0.717, 1.165) is 5.69 Å². The lowest BCUT2D eigenvalue weighted by Gasteiger charge is -2.18. The molecular weight excluding hydrogens is 412 g/mol. The van der Waals surface area contributed by atoms with Gasteiger partial charge in [0.15, 0.2) is 6.10 Å². The highest BCUT2D eigenvalue weighted by molar-refractivity contribution is 5.84. The first-order valence-electron chi connectivity index (χ1n) is 11.1. The van der Waals surface area contributed by atoms with Crippen LogP contribution in [0.15, 0.2) is 36.5 Å². The molecule has 170 valence electrons. The van der Waals surface area contributed by atoms with Crippen molar-refractivity contribution in [2.24, 2.45) is 0 Å². The summed E-state index contributed by atoms with van der Waals surface area (Å²) in [6.45, 7) is 0.721. The van der Waals surface area contributed by atoms with Crippen LogP contribution in [0.1, 0.15) is 37.3 Å². The molecule has 5 rings (SSSR count). The van der Waals surface area contributed by atoms with Crippen LogP contribution in [-0.4, -0.2) is 60.7 Å². The van der Waals surface area contributed by atoms with E-state index in [1.807, 2.05) is 6.07 Å². The summed E-state index contributed by atoms with van der Waals surface area (Å²) in [6, 6.07) is 8.94. The third-order valence-corrected chi connectivity index (χ3v) is 6.37. The molecule has 3 heterocycles. The lowest BCUT2D eigenvalue weighted by Crippen LogP contribution is -2.38. The van der Waals surface area contributed by atoms with Gasteiger partial charge in [0.25, 0.3) is 0 Å². The van der Waals surface area contributed by atoms with Gasteiger partial charge < -0.3 is 24.3 Å². The number of aromatic nitrogens is 2. The molecule has 0 spiro atoms. The van der Waals surface area contributed by atoms with Crippen LogP contribution in [0.5, 0.6) is 5.75 Å². The number of nitrogens with one attached hydrogen (secondary N) is 2. The molecule has 1 amide bonds. The minimum atomic E-state index is -0.544. The summed E-state index contributed by atoms with van der Waals surface area (Å²) in [5, 5.41) is 6.08. The number of rotatable bonds is 6. The van der Waals surface area contributed by atoms with Crippen molar-refractivity contribution in [2.45, 2.75) is 56.0 Å². The Morgan fingerprint density at radius 2 is 1.84 bits per heavy atom. The molecule has 3 aliphatic rings. The SMILES string of the molecule is COc1ccc(NC(=O)O[C@H]2CO[C@@H]3[C@@H]2OC[C@@H]3Nc2nccc(C3CCCC3)n2)cc1. The minimum absolute atomic E-state index is 0.0999. The molecule has 0 radical (unpaired) electrons. The highest BCUT2D eigenvalue weighted by Crippen LogP contribution is 2.34. The maximum atomic E-state index is 12.3. The third kappa shape index (κ3) is 4.49. The van der Waals surface area contributed by atoms with Gasteiger partial charge in [-0.25, -0.2) is 14.8 Å². The van der Waals surface area contributed by atoms with Crippen molar-refractivity contribution in [1.82, 2.24) is 9.97 Å². The molecule has 1 aliphatic carbocycles. The number of hydrogen-bond acceptors (Lipinski definition) is 8. The number of nitrogens with zero attached hydrogens (tertiary/aromatic N) is 2. The lowest BCUT2D eigenvalue weighted by molar-refractivity contribution is 0.00917. The van der Waals surface area contributed by atoms with Crippen LogP contribution in [0.2, 0.25) is 0 Å². The van der Waals surface area contributed by atoms with E-state index in [1.54, 1.807) is 37.6 Å². The zero-order chi connectivity index (χ0) is 21.9. The van der Waals surface area contributed by atoms with Gasteiger partial charge in [0.05, 0.1) is 26.4 Å². The Bertz CT molecular complexity index is 934. The van der Waals surface area contributed by atoms with Gasteiger partial charge in [0.2, 0.25) is 5.95 Å². The summed E-state index contributed by atoms with van der Waals surface area (Å²) < 4.78 is 22.5. The monoisotopic (exact) mass is 440 g/mol. The third-order valence-electron chi connectivity index (χ3n) is 6.37. The van der Waals surface area contributed by atoms with Gasteiger partial charge in [-0.1, -0.05) is 12.8 Å². The van der Waals surface area contributed by atoms with Crippen molar-refractivity contribution in [3.63, 3.8) is 0 Å². The number of hydrogen-bond donors (Lipinski definition) is 2.